The van der Waals surface area contributed by atoms with E-state index in [1.165, 1.54) is 0 Å². The summed E-state index contributed by atoms with van der Waals surface area (Å²) < 4.78 is 0.883. The standard InChI is InChI=1S/C13H16BrNO3/c1-8(6-7-12(16)17)15-13(18)10-4-3-5-11(14)9(10)2/h3-5,8H,6-7H2,1-2H3,(H,15,18)(H,16,17)/t8-/m0/s1. The molecule has 1 aromatic rings. The zero-order valence-corrected chi connectivity index (χ0v) is 12.0. The Hall–Kier alpha value is -1.36. The number of carboxylic acid groups (broad SMARTS) is 1. The maximum atomic E-state index is 12.0. The van der Waals surface area contributed by atoms with Gasteiger partial charge < -0.3 is 10.4 Å². The Morgan fingerprint density at radius 1 is 1.44 bits per heavy atom. The van der Waals surface area contributed by atoms with E-state index < -0.39 is 5.97 Å². The van der Waals surface area contributed by atoms with E-state index in [2.05, 4.69) is 21.2 Å². The molecule has 0 unspecified atom stereocenters. The van der Waals surface area contributed by atoms with Gasteiger partial charge in [0.1, 0.15) is 0 Å². The number of carbonyl (C=O) groups excluding carboxylic acids is 1. The van der Waals surface area contributed by atoms with E-state index in [1.807, 2.05) is 13.0 Å². The van der Waals surface area contributed by atoms with Crippen LogP contribution in [-0.2, 0) is 4.79 Å². The molecular formula is C13H16BrNO3. The van der Waals surface area contributed by atoms with Crippen LogP contribution in [0, 0.1) is 6.92 Å². The number of nitrogens with one attached hydrogen (secondary N) is 1. The summed E-state index contributed by atoms with van der Waals surface area (Å²) in [6.07, 6.45) is 0.479. The van der Waals surface area contributed by atoms with Crippen molar-refractivity contribution < 1.29 is 14.7 Å². The van der Waals surface area contributed by atoms with Crippen molar-refractivity contribution in [2.45, 2.75) is 32.7 Å². The van der Waals surface area contributed by atoms with E-state index in [1.54, 1.807) is 19.1 Å². The molecular weight excluding hydrogens is 298 g/mol. The monoisotopic (exact) mass is 313 g/mol. The minimum absolute atomic E-state index is 0.0545. The Labute approximate surface area is 115 Å². The van der Waals surface area contributed by atoms with Gasteiger partial charge in [-0.1, -0.05) is 22.0 Å². The third-order valence-corrected chi connectivity index (χ3v) is 3.54. The smallest absolute Gasteiger partial charge is 0.303 e. The van der Waals surface area contributed by atoms with Gasteiger partial charge in [-0.3, -0.25) is 9.59 Å². The summed E-state index contributed by atoms with van der Waals surface area (Å²) in [4.78, 5) is 22.4. The summed E-state index contributed by atoms with van der Waals surface area (Å²) in [7, 11) is 0. The fraction of sp³-hybridized carbons (Fsp3) is 0.385. The second-order valence-corrected chi connectivity index (χ2v) is 5.07. The predicted molar refractivity (Wildman–Crippen MR) is 72.7 cm³/mol. The molecule has 0 aliphatic heterocycles. The van der Waals surface area contributed by atoms with Gasteiger partial charge in [-0.25, -0.2) is 0 Å². The van der Waals surface area contributed by atoms with Crippen LogP contribution in [-0.4, -0.2) is 23.0 Å². The summed E-state index contributed by atoms with van der Waals surface area (Å²) >= 11 is 3.37. The fourth-order valence-electron chi connectivity index (χ4n) is 1.57. The maximum Gasteiger partial charge on any atom is 0.303 e. The first-order valence-corrected chi connectivity index (χ1v) is 6.49. The van der Waals surface area contributed by atoms with Gasteiger partial charge in [0, 0.05) is 22.5 Å². The first-order chi connectivity index (χ1) is 8.41. The minimum atomic E-state index is -0.852. The summed E-state index contributed by atoms with van der Waals surface area (Å²) in [5.74, 6) is -1.03. The molecule has 0 aliphatic rings. The summed E-state index contributed by atoms with van der Waals surface area (Å²) in [6, 6.07) is 5.26. The highest BCUT2D eigenvalue weighted by Gasteiger charge is 2.13. The highest BCUT2D eigenvalue weighted by atomic mass is 79.9. The lowest BCUT2D eigenvalue weighted by molar-refractivity contribution is -0.137. The number of amides is 1. The zero-order chi connectivity index (χ0) is 13.7. The number of hydrogen-bond donors (Lipinski definition) is 2. The average Bonchev–Trinajstić information content (AvgIpc) is 2.30. The predicted octanol–water partition coefficient (Wildman–Crippen LogP) is 2.74. The van der Waals surface area contributed by atoms with Gasteiger partial charge in [0.15, 0.2) is 0 Å². The summed E-state index contributed by atoms with van der Waals surface area (Å²) in [5.41, 5.74) is 1.48. The van der Waals surface area contributed by atoms with E-state index in [4.69, 9.17) is 5.11 Å². The molecule has 0 aliphatic carbocycles. The number of hydrogen-bond acceptors (Lipinski definition) is 2. The Bertz CT molecular complexity index is 460. The normalized spacial score (nSPS) is 11.9. The maximum absolute atomic E-state index is 12.0. The van der Waals surface area contributed by atoms with Crippen molar-refractivity contribution >= 4 is 27.8 Å². The van der Waals surface area contributed by atoms with Crippen molar-refractivity contribution in [3.05, 3.63) is 33.8 Å². The van der Waals surface area contributed by atoms with E-state index >= 15 is 0 Å². The van der Waals surface area contributed by atoms with Crippen molar-refractivity contribution in [2.24, 2.45) is 0 Å². The van der Waals surface area contributed by atoms with E-state index in [9.17, 15) is 9.59 Å². The lowest BCUT2D eigenvalue weighted by Crippen LogP contribution is -2.33. The topological polar surface area (TPSA) is 66.4 Å². The zero-order valence-electron chi connectivity index (χ0n) is 10.4. The number of aliphatic carboxylic acids is 1. The van der Waals surface area contributed by atoms with Gasteiger partial charge in [0.25, 0.3) is 5.91 Å². The Morgan fingerprint density at radius 2 is 2.11 bits per heavy atom. The Morgan fingerprint density at radius 3 is 2.72 bits per heavy atom. The number of rotatable bonds is 5. The number of benzene rings is 1. The lowest BCUT2D eigenvalue weighted by atomic mass is 10.1. The van der Waals surface area contributed by atoms with Crippen molar-refractivity contribution in [1.82, 2.24) is 5.32 Å². The molecule has 0 heterocycles. The van der Waals surface area contributed by atoms with Crippen LogP contribution >= 0.6 is 15.9 Å². The van der Waals surface area contributed by atoms with Crippen molar-refractivity contribution in [1.29, 1.82) is 0 Å². The van der Waals surface area contributed by atoms with Crippen LogP contribution in [0.15, 0.2) is 22.7 Å². The van der Waals surface area contributed by atoms with Gasteiger partial charge in [-0.05, 0) is 38.0 Å². The van der Waals surface area contributed by atoms with Gasteiger partial charge >= 0.3 is 5.97 Å². The number of halogens is 1. The quantitative estimate of drug-likeness (QED) is 0.878. The van der Waals surface area contributed by atoms with E-state index in [-0.39, 0.29) is 18.4 Å². The molecule has 2 N–H and O–H groups in total. The fourth-order valence-corrected chi connectivity index (χ4v) is 1.93. The molecule has 18 heavy (non-hydrogen) atoms. The second kappa shape index (κ2) is 6.54. The molecule has 0 bridgehead atoms. The molecule has 0 spiro atoms. The first kappa shape index (κ1) is 14.7. The highest BCUT2D eigenvalue weighted by molar-refractivity contribution is 9.10. The van der Waals surface area contributed by atoms with Crippen LogP contribution in [0.4, 0.5) is 0 Å². The molecule has 1 atom stereocenters. The van der Waals surface area contributed by atoms with Crippen LogP contribution in [0.3, 0.4) is 0 Å². The van der Waals surface area contributed by atoms with Gasteiger partial charge in [-0.2, -0.15) is 0 Å². The Kier molecular flexibility index (Phi) is 5.34. The summed E-state index contributed by atoms with van der Waals surface area (Å²) in [6.45, 7) is 3.66. The third kappa shape index (κ3) is 4.14. The summed E-state index contributed by atoms with van der Waals surface area (Å²) in [5, 5.41) is 11.4. The third-order valence-electron chi connectivity index (χ3n) is 2.68. The molecule has 0 fully saturated rings. The Balaban J connectivity index is 2.65. The van der Waals surface area contributed by atoms with Crippen molar-refractivity contribution in [2.75, 3.05) is 0 Å². The van der Waals surface area contributed by atoms with Gasteiger partial charge in [-0.15, -0.1) is 0 Å². The van der Waals surface area contributed by atoms with Gasteiger partial charge in [0.2, 0.25) is 0 Å². The van der Waals surface area contributed by atoms with Crippen LogP contribution in [0.25, 0.3) is 0 Å². The highest BCUT2D eigenvalue weighted by Crippen LogP contribution is 2.19. The molecule has 98 valence electrons. The van der Waals surface area contributed by atoms with Crippen LogP contribution in [0.5, 0.6) is 0 Å². The van der Waals surface area contributed by atoms with Crippen LogP contribution < -0.4 is 5.32 Å². The van der Waals surface area contributed by atoms with E-state index in [0.717, 1.165) is 10.0 Å². The number of carboxylic acids is 1. The van der Waals surface area contributed by atoms with Crippen LogP contribution in [0.2, 0.25) is 0 Å². The van der Waals surface area contributed by atoms with E-state index in [0.29, 0.717) is 12.0 Å². The minimum Gasteiger partial charge on any atom is -0.481 e. The lowest BCUT2D eigenvalue weighted by Gasteiger charge is -2.14. The molecule has 0 saturated heterocycles. The molecule has 5 heteroatoms. The first-order valence-electron chi connectivity index (χ1n) is 5.69. The molecule has 1 rings (SSSR count). The molecule has 0 aromatic heterocycles. The van der Waals surface area contributed by atoms with Crippen LogP contribution in [0.1, 0.15) is 35.7 Å². The second-order valence-electron chi connectivity index (χ2n) is 4.22. The largest absolute Gasteiger partial charge is 0.481 e. The number of carbonyl (C=O) groups is 2. The molecule has 1 amide bonds. The van der Waals surface area contributed by atoms with Gasteiger partial charge in [0.05, 0.1) is 0 Å². The van der Waals surface area contributed by atoms with Crippen molar-refractivity contribution in [3.8, 4) is 0 Å². The van der Waals surface area contributed by atoms with Crippen molar-refractivity contribution in [3.63, 3.8) is 0 Å². The average molecular weight is 314 g/mol. The SMILES string of the molecule is Cc1c(Br)cccc1C(=O)N[C@@H](C)CCC(=O)O. The molecule has 0 saturated carbocycles. The molecule has 4 nitrogen and oxygen atoms in total. The molecule has 0 radical (unpaired) electrons. The molecule has 1 aromatic carbocycles.